The number of hydrogen-bond acceptors (Lipinski definition) is 6. The zero-order valence-electron chi connectivity index (χ0n) is 14.7. The minimum atomic E-state index is 0.278. The summed E-state index contributed by atoms with van der Waals surface area (Å²) in [4.78, 5) is 10.2. The van der Waals surface area contributed by atoms with Gasteiger partial charge in [0, 0.05) is 10.3 Å². The van der Waals surface area contributed by atoms with Crippen molar-refractivity contribution in [1.29, 1.82) is 0 Å². The number of nitrogens with one attached hydrogen (secondary N) is 1. The number of rotatable bonds is 4. The molecule has 6 heteroatoms. The lowest BCUT2D eigenvalue weighted by atomic mass is 10.0. The molecular weight excluding hydrogens is 358 g/mol. The van der Waals surface area contributed by atoms with E-state index in [1.165, 1.54) is 10.4 Å². The average molecular weight is 375 g/mol. The minimum absolute atomic E-state index is 0.278. The lowest BCUT2D eigenvalue weighted by molar-refractivity contribution is 0.174. The van der Waals surface area contributed by atoms with Crippen LogP contribution in [0.25, 0.3) is 22.0 Å². The van der Waals surface area contributed by atoms with Crippen molar-refractivity contribution in [2.45, 2.75) is 13.5 Å². The third kappa shape index (κ3) is 2.98. The summed E-state index contributed by atoms with van der Waals surface area (Å²) in [5, 5.41) is 6.58. The van der Waals surface area contributed by atoms with E-state index in [2.05, 4.69) is 45.8 Å². The van der Waals surface area contributed by atoms with Crippen molar-refractivity contribution in [3.8, 4) is 22.6 Å². The molecule has 0 aliphatic carbocycles. The highest BCUT2D eigenvalue weighted by molar-refractivity contribution is 7.10. The third-order valence-electron chi connectivity index (χ3n) is 4.73. The molecule has 2 aromatic carbocycles. The molecule has 0 fully saturated rings. The zero-order valence-corrected chi connectivity index (χ0v) is 15.5. The van der Waals surface area contributed by atoms with Crippen LogP contribution in [0.15, 0.2) is 54.2 Å². The number of nitrogens with zero attached hydrogens (tertiary/aromatic N) is 2. The fourth-order valence-corrected chi connectivity index (χ4v) is 4.05. The van der Waals surface area contributed by atoms with Crippen molar-refractivity contribution in [3.63, 3.8) is 0 Å². The van der Waals surface area contributed by atoms with Gasteiger partial charge in [-0.2, -0.15) is 0 Å². The highest BCUT2D eigenvalue weighted by atomic mass is 32.1. The van der Waals surface area contributed by atoms with Crippen LogP contribution >= 0.6 is 11.3 Å². The maximum Gasteiger partial charge on any atom is 0.231 e. The first kappa shape index (κ1) is 16.1. The first-order chi connectivity index (χ1) is 13.3. The van der Waals surface area contributed by atoms with Crippen LogP contribution in [0, 0.1) is 6.92 Å². The minimum Gasteiger partial charge on any atom is -0.454 e. The maximum absolute atomic E-state index is 5.50. The SMILES string of the molecule is Cc1ccsc1CNc1ncnc2ccc(-c3ccc4c(c3)OCO4)cc12. The van der Waals surface area contributed by atoms with E-state index in [9.17, 15) is 0 Å². The van der Waals surface area contributed by atoms with Crippen LogP contribution in [0.1, 0.15) is 10.4 Å². The van der Waals surface area contributed by atoms with Gasteiger partial charge in [0.1, 0.15) is 12.1 Å². The van der Waals surface area contributed by atoms with Crippen molar-refractivity contribution < 1.29 is 9.47 Å². The summed E-state index contributed by atoms with van der Waals surface area (Å²) in [5.41, 5.74) is 4.38. The van der Waals surface area contributed by atoms with Crippen molar-refractivity contribution >= 4 is 28.1 Å². The molecule has 1 N–H and O–H groups in total. The second kappa shape index (κ2) is 6.55. The molecule has 5 rings (SSSR count). The van der Waals surface area contributed by atoms with Crippen molar-refractivity contribution in [2.75, 3.05) is 12.1 Å². The summed E-state index contributed by atoms with van der Waals surface area (Å²) in [6.07, 6.45) is 1.60. The third-order valence-corrected chi connectivity index (χ3v) is 5.75. The number of aromatic nitrogens is 2. The molecule has 0 unspecified atom stereocenters. The van der Waals surface area contributed by atoms with Gasteiger partial charge in [0.15, 0.2) is 11.5 Å². The van der Waals surface area contributed by atoms with E-state index >= 15 is 0 Å². The van der Waals surface area contributed by atoms with Gasteiger partial charge >= 0.3 is 0 Å². The predicted octanol–water partition coefficient (Wildman–Crippen LogP) is 5.01. The van der Waals surface area contributed by atoms with E-state index in [0.717, 1.165) is 45.9 Å². The lowest BCUT2D eigenvalue weighted by Gasteiger charge is -2.10. The summed E-state index contributed by atoms with van der Waals surface area (Å²) < 4.78 is 10.9. The molecule has 0 radical (unpaired) electrons. The molecule has 2 aromatic heterocycles. The standard InChI is InChI=1S/C21H17N3O2S/c1-13-6-7-27-20(13)10-22-21-16-8-14(2-4-17(16)23-11-24-21)15-3-5-18-19(9-15)26-12-25-18/h2-9,11H,10,12H2,1H3,(H,22,23,24). The van der Waals surface area contributed by atoms with E-state index in [1.54, 1.807) is 17.7 Å². The van der Waals surface area contributed by atoms with E-state index in [-0.39, 0.29) is 6.79 Å². The number of aryl methyl sites for hydroxylation is 1. The molecule has 0 saturated carbocycles. The highest BCUT2D eigenvalue weighted by Crippen LogP contribution is 2.37. The normalized spacial score (nSPS) is 12.5. The smallest absolute Gasteiger partial charge is 0.231 e. The maximum atomic E-state index is 5.50. The van der Waals surface area contributed by atoms with Crippen LogP contribution in [0.2, 0.25) is 0 Å². The van der Waals surface area contributed by atoms with Crippen LogP contribution in [0.5, 0.6) is 11.5 Å². The molecule has 1 aliphatic heterocycles. The molecule has 0 spiro atoms. The summed E-state index contributed by atoms with van der Waals surface area (Å²) in [7, 11) is 0. The Morgan fingerprint density at radius 1 is 1.00 bits per heavy atom. The van der Waals surface area contributed by atoms with Gasteiger partial charge in [-0.3, -0.25) is 0 Å². The van der Waals surface area contributed by atoms with Crippen molar-refractivity contribution in [2.24, 2.45) is 0 Å². The number of fused-ring (bicyclic) bond motifs is 2. The fourth-order valence-electron chi connectivity index (χ4n) is 3.20. The number of ether oxygens (including phenoxy) is 2. The summed E-state index contributed by atoms with van der Waals surface area (Å²) in [5.74, 6) is 2.41. The average Bonchev–Trinajstić information content (AvgIpc) is 3.34. The molecule has 3 heterocycles. The van der Waals surface area contributed by atoms with Gasteiger partial charge < -0.3 is 14.8 Å². The van der Waals surface area contributed by atoms with Gasteiger partial charge in [-0.1, -0.05) is 12.1 Å². The second-order valence-electron chi connectivity index (χ2n) is 6.40. The molecule has 4 aromatic rings. The van der Waals surface area contributed by atoms with Crippen LogP contribution in [-0.2, 0) is 6.54 Å². The molecule has 0 atom stereocenters. The molecule has 0 bridgehead atoms. The Labute approximate surface area is 160 Å². The Hall–Kier alpha value is -3.12. The van der Waals surface area contributed by atoms with E-state index in [1.807, 2.05) is 24.3 Å². The molecule has 134 valence electrons. The quantitative estimate of drug-likeness (QED) is 0.543. The molecule has 1 aliphatic rings. The zero-order chi connectivity index (χ0) is 18.2. The lowest BCUT2D eigenvalue weighted by Crippen LogP contribution is -2.02. The number of hydrogen-bond donors (Lipinski definition) is 1. The first-order valence-corrected chi connectivity index (χ1v) is 9.57. The Bertz CT molecular complexity index is 1140. The van der Waals surface area contributed by atoms with Crippen molar-refractivity contribution in [1.82, 2.24) is 9.97 Å². The van der Waals surface area contributed by atoms with Crippen LogP contribution in [0.3, 0.4) is 0 Å². The highest BCUT2D eigenvalue weighted by Gasteiger charge is 2.14. The van der Waals surface area contributed by atoms with Crippen LogP contribution in [-0.4, -0.2) is 16.8 Å². The number of anilines is 1. The second-order valence-corrected chi connectivity index (χ2v) is 7.40. The summed E-state index contributed by atoms with van der Waals surface area (Å²) in [6.45, 7) is 3.16. The van der Waals surface area contributed by atoms with Crippen LogP contribution < -0.4 is 14.8 Å². The monoisotopic (exact) mass is 375 g/mol. The van der Waals surface area contributed by atoms with Gasteiger partial charge in [0.25, 0.3) is 0 Å². The molecule has 0 saturated heterocycles. The Balaban J connectivity index is 1.51. The van der Waals surface area contributed by atoms with E-state index in [4.69, 9.17) is 9.47 Å². The topological polar surface area (TPSA) is 56.3 Å². The van der Waals surface area contributed by atoms with Crippen molar-refractivity contribution in [3.05, 3.63) is 64.6 Å². The van der Waals surface area contributed by atoms with Gasteiger partial charge in [-0.25, -0.2) is 9.97 Å². The molecule has 5 nitrogen and oxygen atoms in total. The molecule has 27 heavy (non-hydrogen) atoms. The summed E-state index contributed by atoms with van der Waals surface area (Å²) in [6, 6.07) is 14.4. The van der Waals surface area contributed by atoms with Crippen LogP contribution in [0.4, 0.5) is 5.82 Å². The van der Waals surface area contributed by atoms with Gasteiger partial charge in [-0.05, 0) is 59.3 Å². The largest absolute Gasteiger partial charge is 0.454 e. The van der Waals surface area contributed by atoms with Gasteiger partial charge in [-0.15, -0.1) is 11.3 Å². The Morgan fingerprint density at radius 3 is 2.74 bits per heavy atom. The summed E-state index contributed by atoms with van der Waals surface area (Å²) >= 11 is 1.75. The predicted molar refractivity (Wildman–Crippen MR) is 107 cm³/mol. The fraction of sp³-hybridized carbons (Fsp3) is 0.143. The van der Waals surface area contributed by atoms with Gasteiger partial charge in [0.2, 0.25) is 6.79 Å². The van der Waals surface area contributed by atoms with E-state index in [0.29, 0.717) is 0 Å². The molecular formula is C21H17N3O2S. The van der Waals surface area contributed by atoms with Gasteiger partial charge in [0.05, 0.1) is 12.1 Å². The number of thiophene rings is 1. The first-order valence-electron chi connectivity index (χ1n) is 8.69. The molecule has 0 amide bonds. The number of benzene rings is 2. The van der Waals surface area contributed by atoms with E-state index < -0.39 is 0 Å². The Morgan fingerprint density at radius 2 is 1.85 bits per heavy atom. The Kier molecular flexibility index (Phi) is 3.90.